The zero-order valence-electron chi connectivity index (χ0n) is 11.8. The molecule has 0 saturated carbocycles. The van der Waals surface area contributed by atoms with Gasteiger partial charge in [0, 0.05) is 5.75 Å². The molecule has 0 amide bonds. The Hall–Kier alpha value is 0.470. The maximum absolute atomic E-state index is 11.7. The van der Waals surface area contributed by atoms with E-state index in [0.717, 1.165) is 35.9 Å². The fraction of sp³-hybridized carbons (Fsp3) is 0.923. The van der Waals surface area contributed by atoms with Crippen LogP contribution in [0, 0.1) is 0 Å². The van der Waals surface area contributed by atoms with Crippen LogP contribution in [0.15, 0.2) is 0 Å². The quantitative estimate of drug-likeness (QED) is 0.240. The molecule has 0 rings (SSSR count). The summed E-state index contributed by atoms with van der Waals surface area (Å²) in [6, 6.07) is -0.543. The predicted molar refractivity (Wildman–Crippen MR) is 89.9 cm³/mol. The van der Waals surface area contributed by atoms with Gasteiger partial charge in [-0.05, 0) is 49.7 Å². The lowest BCUT2D eigenvalue weighted by molar-refractivity contribution is -0.149. The molecule has 3 atom stereocenters. The molecule has 0 saturated heterocycles. The number of nitrogens with two attached hydrogens (primary N) is 1. The second-order valence-electron chi connectivity index (χ2n) is 4.75. The van der Waals surface area contributed by atoms with Gasteiger partial charge in [0.05, 0.1) is 12.2 Å². The topological polar surface area (TPSA) is 72.5 Å². The number of esters is 1. The molecule has 0 aliphatic carbocycles. The van der Waals surface area contributed by atoms with E-state index in [1.807, 2.05) is 6.92 Å². The van der Waals surface area contributed by atoms with E-state index >= 15 is 0 Å². The van der Waals surface area contributed by atoms with Crippen molar-refractivity contribution in [2.45, 2.75) is 57.8 Å². The van der Waals surface area contributed by atoms with E-state index in [2.05, 4.69) is 22.6 Å². The molecular formula is C13H26INO3S. The number of hydrogen-bond acceptors (Lipinski definition) is 5. The molecule has 2 unspecified atom stereocenters. The Morgan fingerprint density at radius 3 is 2.63 bits per heavy atom. The minimum atomic E-state index is -0.543. The largest absolute Gasteiger partial charge is 0.461 e. The van der Waals surface area contributed by atoms with Crippen LogP contribution in [0.5, 0.6) is 0 Å². The lowest BCUT2D eigenvalue weighted by Gasteiger charge is -2.16. The third-order valence-electron chi connectivity index (χ3n) is 2.57. The molecule has 0 aliphatic heterocycles. The molecule has 0 radical (unpaired) electrons. The summed E-state index contributed by atoms with van der Waals surface area (Å²) in [7, 11) is 0. The Balaban J connectivity index is 3.64. The Labute approximate surface area is 134 Å². The third-order valence-corrected chi connectivity index (χ3v) is 4.51. The third kappa shape index (κ3) is 12.0. The normalized spacial score (nSPS) is 15.8. The number of carbonyl (C=O) groups excluding carboxylic acids is 1. The van der Waals surface area contributed by atoms with Crippen molar-refractivity contribution in [2.75, 3.05) is 15.9 Å². The highest BCUT2D eigenvalue weighted by Crippen LogP contribution is 2.10. The Bertz CT molecular complexity index is 242. The number of carbonyl (C=O) groups is 1. The maximum Gasteiger partial charge on any atom is 0.324 e. The number of rotatable bonds is 11. The average molecular weight is 403 g/mol. The minimum Gasteiger partial charge on any atom is -0.461 e. The van der Waals surface area contributed by atoms with Gasteiger partial charge in [-0.15, -0.1) is 0 Å². The van der Waals surface area contributed by atoms with Gasteiger partial charge in [-0.25, -0.2) is 0 Å². The van der Waals surface area contributed by atoms with Crippen molar-refractivity contribution < 1.29 is 14.6 Å². The Kier molecular flexibility index (Phi) is 12.5. The molecular weight excluding hydrogens is 377 g/mol. The van der Waals surface area contributed by atoms with Crippen LogP contribution in [-0.2, 0) is 9.53 Å². The Morgan fingerprint density at radius 1 is 1.37 bits per heavy atom. The zero-order valence-corrected chi connectivity index (χ0v) is 14.8. The highest BCUT2D eigenvalue weighted by Gasteiger charge is 2.17. The van der Waals surface area contributed by atoms with Crippen molar-refractivity contribution in [1.82, 2.24) is 0 Å². The van der Waals surface area contributed by atoms with Crippen molar-refractivity contribution in [1.29, 1.82) is 0 Å². The fourth-order valence-corrected chi connectivity index (χ4v) is 2.84. The highest BCUT2D eigenvalue weighted by atomic mass is 127. The molecule has 114 valence electrons. The average Bonchev–Trinajstić information content (AvgIpc) is 2.35. The molecule has 3 N–H and O–H groups in total. The predicted octanol–water partition coefficient (Wildman–Crippen LogP) is 2.35. The summed E-state index contributed by atoms with van der Waals surface area (Å²) in [6.45, 7) is 3.69. The second-order valence-corrected chi connectivity index (χ2v) is 6.98. The van der Waals surface area contributed by atoms with E-state index in [-0.39, 0.29) is 18.2 Å². The van der Waals surface area contributed by atoms with E-state index in [1.54, 1.807) is 18.7 Å². The van der Waals surface area contributed by atoms with Crippen LogP contribution in [0.25, 0.3) is 0 Å². The summed E-state index contributed by atoms with van der Waals surface area (Å²) < 4.78 is 6.36. The van der Waals surface area contributed by atoms with E-state index in [0.29, 0.717) is 5.75 Å². The Morgan fingerprint density at radius 2 is 2.05 bits per heavy atom. The lowest BCUT2D eigenvalue weighted by Crippen LogP contribution is -2.36. The van der Waals surface area contributed by atoms with E-state index in [1.165, 1.54) is 0 Å². The number of aliphatic hydroxyl groups excluding tert-OH is 1. The molecule has 4 nitrogen and oxygen atoms in total. The van der Waals surface area contributed by atoms with E-state index in [4.69, 9.17) is 15.6 Å². The lowest BCUT2D eigenvalue weighted by atomic mass is 10.2. The van der Waals surface area contributed by atoms with E-state index in [9.17, 15) is 4.79 Å². The van der Waals surface area contributed by atoms with Gasteiger partial charge < -0.3 is 15.6 Å². The SMILES string of the molecule is CC(O)CCCSC[C@H](N)C(=O)OC(C)CCCI. The second kappa shape index (κ2) is 12.2. The monoisotopic (exact) mass is 403 g/mol. The van der Waals surface area contributed by atoms with Crippen LogP contribution >= 0.6 is 34.4 Å². The molecule has 0 heterocycles. The molecule has 0 bridgehead atoms. The van der Waals surface area contributed by atoms with Crippen LogP contribution in [0.3, 0.4) is 0 Å². The van der Waals surface area contributed by atoms with Gasteiger partial charge in [-0.1, -0.05) is 22.6 Å². The molecule has 19 heavy (non-hydrogen) atoms. The first-order valence-corrected chi connectivity index (χ1v) is 9.43. The number of aliphatic hydroxyl groups is 1. The van der Waals surface area contributed by atoms with Crippen molar-refractivity contribution >= 4 is 40.3 Å². The van der Waals surface area contributed by atoms with Crippen LogP contribution in [-0.4, -0.2) is 45.3 Å². The number of alkyl halides is 1. The van der Waals surface area contributed by atoms with Gasteiger partial charge in [0.25, 0.3) is 0 Å². The van der Waals surface area contributed by atoms with Gasteiger partial charge in [0.2, 0.25) is 0 Å². The molecule has 0 aliphatic rings. The number of ether oxygens (including phenoxy) is 1. The smallest absolute Gasteiger partial charge is 0.324 e. The standard InChI is InChI=1S/C13H26INO3S/c1-10(16)5-4-8-19-9-12(15)13(17)18-11(2)6-3-7-14/h10-12,16H,3-9,15H2,1-2H3/t10?,11?,12-/m0/s1. The van der Waals surface area contributed by atoms with Gasteiger partial charge >= 0.3 is 5.97 Å². The zero-order chi connectivity index (χ0) is 14.7. The van der Waals surface area contributed by atoms with Gasteiger partial charge in [-0.2, -0.15) is 11.8 Å². The molecule has 0 aromatic rings. The highest BCUT2D eigenvalue weighted by molar-refractivity contribution is 14.1. The summed E-state index contributed by atoms with van der Waals surface area (Å²) in [5.41, 5.74) is 5.79. The summed E-state index contributed by atoms with van der Waals surface area (Å²) in [4.78, 5) is 11.7. The van der Waals surface area contributed by atoms with Crippen molar-refractivity contribution in [3.63, 3.8) is 0 Å². The fourth-order valence-electron chi connectivity index (χ4n) is 1.47. The molecule has 6 heteroatoms. The number of thioether (sulfide) groups is 1. The van der Waals surface area contributed by atoms with Crippen LogP contribution < -0.4 is 5.73 Å². The minimum absolute atomic E-state index is 0.0476. The van der Waals surface area contributed by atoms with E-state index < -0.39 is 6.04 Å². The van der Waals surface area contributed by atoms with Crippen LogP contribution in [0.1, 0.15) is 39.5 Å². The number of halogens is 1. The van der Waals surface area contributed by atoms with Gasteiger partial charge in [0.1, 0.15) is 6.04 Å². The van der Waals surface area contributed by atoms with Crippen molar-refractivity contribution in [3.8, 4) is 0 Å². The van der Waals surface area contributed by atoms with Crippen LogP contribution in [0.4, 0.5) is 0 Å². The van der Waals surface area contributed by atoms with Crippen LogP contribution in [0.2, 0.25) is 0 Å². The first-order chi connectivity index (χ1) is 8.97. The first kappa shape index (κ1) is 19.5. The maximum atomic E-state index is 11.7. The summed E-state index contributed by atoms with van der Waals surface area (Å²) in [5, 5.41) is 9.11. The molecule has 0 aromatic carbocycles. The van der Waals surface area contributed by atoms with Gasteiger partial charge in [0.15, 0.2) is 0 Å². The van der Waals surface area contributed by atoms with Crippen molar-refractivity contribution in [2.24, 2.45) is 5.73 Å². The van der Waals surface area contributed by atoms with Crippen molar-refractivity contribution in [3.05, 3.63) is 0 Å². The molecule has 0 aromatic heterocycles. The molecule has 0 fully saturated rings. The summed E-state index contributed by atoms with van der Waals surface area (Å²) >= 11 is 3.95. The van der Waals surface area contributed by atoms with Gasteiger partial charge in [-0.3, -0.25) is 4.79 Å². The summed E-state index contributed by atoms with van der Waals surface area (Å²) in [6.07, 6.45) is 3.38. The summed E-state index contributed by atoms with van der Waals surface area (Å²) in [5.74, 6) is 1.19. The number of hydrogen-bond donors (Lipinski definition) is 2. The first-order valence-electron chi connectivity index (χ1n) is 6.75. The molecule has 0 spiro atoms.